The van der Waals surface area contributed by atoms with Crippen molar-refractivity contribution in [3.8, 4) is 11.4 Å². The number of benzene rings is 2. The second-order valence-corrected chi connectivity index (χ2v) is 7.82. The van der Waals surface area contributed by atoms with Crippen molar-refractivity contribution in [1.29, 1.82) is 0 Å². The molecule has 2 amide bonds. The van der Waals surface area contributed by atoms with Crippen LogP contribution in [0.3, 0.4) is 0 Å². The molecular formula is C23H22N6O2. The van der Waals surface area contributed by atoms with Crippen molar-refractivity contribution in [2.24, 2.45) is 0 Å². The van der Waals surface area contributed by atoms with Crippen LogP contribution in [0.1, 0.15) is 37.3 Å². The summed E-state index contributed by atoms with van der Waals surface area (Å²) in [4.78, 5) is 26.0. The maximum Gasteiger partial charge on any atom is 0.248 e. The predicted octanol–water partition coefficient (Wildman–Crippen LogP) is 3.45. The van der Waals surface area contributed by atoms with E-state index in [-0.39, 0.29) is 11.8 Å². The van der Waals surface area contributed by atoms with Gasteiger partial charge >= 0.3 is 0 Å². The zero-order chi connectivity index (χ0) is 21.2. The molecule has 2 heterocycles. The summed E-state index contributed by atoms with van der Waals surface area (Å²) in [7, 11) is 0. The average molecular weight is 414 g/mol. The second kappa shape index (κ2) is 8.14. The Labute approximate surface area is 179 Å². The minimum Gasteiger partial charge on any atom is -0.322 e. The van der Waals surface area contributed by atoms with E-state index in [1.54, 1.807) is 11.0 Å². The summed E-state index contributed by atoms with van der Waals surface area (Å²) in [6.07, 6.45) is 6.94. The highest BCUT2D eigenvalue weighted by Crippen LogP contribution is 2.36. The van der Waals surface area contributed by atoms with E-state index in [1.807, 2.05) is 53.2 Å². The van der Waals surface area contributed by atoms with Gasteiger partial charge in [0, 0.05) is 36.0 Å². The second-order valence-electron chi connectivity index (χ2n) is 7.82. The van der Waals surface area contributed by atoms with Gasteiger partial charge in [-0.2, -0.15) is 0 Å². The minimum absolute atomic E-state index is 0.163. The van der Waals surface area contributed by atoms with Crippen LogP contribution in [0.2, 0.25) is 0 Å². The number of hydrogen-bond acceptors (Lipinski definition) is 5. The first-order valence-corrected chi connectivity index (χ1v) is 10.5. The van der Waals surface area contributed by atoms with Gasteiger partial charge in [-0.15, -0.1) is 5.10 Å². The van der Waals surface area contributed by atoms with Crippen molar-refractivity contribution in [2.45, 2.75) is 31.7 Å². The Balaban J connectivity index is 1.24. The minimum atomic E-state index is -0.224. The molecule has 0 bridgehead atoms. The molecule has 1 aliphatic heterocycles. The van der Waals surface area contributed by atoms with Crippen LogP contribution in [0.25, 0.3) is 17.5 Å². The number of anilines is 2. The van der Waals surface area contributed by atoms with Gasteiger partial charge in [-0.25, -0.2) is 4.68 Å². The average Bonchev–Trinajstić information content (AvgIpc) is 3.35. The van der Waals surface area contributed by atoms with Crippen molar-refractivity contribution in [3.05, 3.63) is 60.2 Å². The number of aromatic nitrogens is 4. The number of hydrogen-bond donors (Lipinski definition) is 1. The monoisotopic (exact) mass is 414 g/mol. The van der Waals surface area contributed by atoms with Crippen LogP contribution in [0, 0.1) is 0 Å². The molecule has 156 valence electrons. The van der Waals surface area contributed by atoms with Gasteiger partial charge in [0.05, 0.1) is 6.04 Å². The van der Waals surface area contributed by atoms with Gasteiger partial charge in [-0.05, 0) is 65.6 Å². The third-order valence-electron chi connectivity index (χ3n) is 5.48. The molecule has 0 spiro atoms. The van der Waals surface area contributed by atoms with Crippen molar-refractivity contribution < 1.29 is 9.59 Å². The lowest BCUT2D eigenvalue weighted by Gasteiger charge is -2.15. The van der Waals surface area contributed by atoms with Crippen LogP contribution in [-0.4, -0.2) is 38.6 Å². The molecular weight excluding hydrogens is 392 g/mol. The SMILES string of the molecule is O=C(/C=C/c1ccc(N2CCCC2=O)cc1)Nc1cccc(-c2nnnn2C2CC2)c1. The number of tetrazole rings is 1. The van der Waals surface area contributed by atoms with Crippen molar-refractivity contribution in [3.63, 3.8) is 0 Å². The Hall–Kier alpha value is -3.81. The van der Waals surface area contributed by atoms with Gasteiger partial charge in [0.25, 0.3) is 0 Å². The molecule has 1 saturated heterocycles. The van der Waals surface area contributed by atoms with Gasteiger partial charge in [0.2, 0.25) is 11.8 Å². The van der Waals surface area contributed by atoms with Crippen LogP contribution < -0.4 is 10.2 Å². The van der Waals surface area contributed by atoms with Crippen LogP contribution in [-0.2, 0) is 9.59 Å². The first-order chi connectivity index (χ1) is 15.2. The van der Waals surface area contributed by atoms with Crippen LogP contribution in [0.15, 0.2) is 54.6 Å². The number of amides is 2. The molecule has 1 saturated carbocycles. The number of carbonyl (C=O) groups excluding carboxylic acids is 2. The summed E-state index contributed by atoms with van der Waals surface area (Å²) in [5, 5.41) is 14.9. The summed E-state index contributed by atoms with van der Waals surface area (Å²) in [6.45, 7) is 0.766. The molecule has 5 rings (SSSR count). The molecule has 1 aliphatic carbocycles. The lowest BCUT2D eigenvalue weighted by molar-refractivity contribution is -0.117. The number of carbonyl (C=O) groups is 2. The largest absolute Gasteiger partial charge is 0.322 e. The highest BCUT2D eigenvalue weighted by Gasteiger charge is 2.28. The van der Waals surface area contributed by atoms with E-state index in [1.165, 1.54) is 6.08 Å². The summed E-state index contributed by atoms with van der Waals surface area (Å²) >= 11 is 0. The molecule has 8 heteroatoms. The van der Waals surface area contributed by atoms with Gasteiger partial charge < -0.3 is 10.2 Å². The fourth-order valence-corrected chi connectivity index (χ4v) is 3.73. The number of nitrogens with zero attached hydrogens (tertiary/aromatic N) is 5. The quantitative estimate of drug-likeness (QED) is 0.624. The Kier molecular flexibility index (Phi) is 5.03. The molecule has 3 aromatic rings. The number of rotatable bonds is 6. The number of nitrogens with one attached hydrogen (secondary N) is 1. The summed E-state index contributed by atoms with van der Waals surface area (Å²) in [5.74, 6) is 0.652. The van der Waals surface area contributed by atoms with Gasteiger partial charge in [-0.1, -0.05) is 24.3 Å². The predicted molar refractivity (Wildman–Crippen MR) is 117 cm³/mol. The third-order valence-corrected chi connectivity index (χ3v) is 5.48. The first-order valence-electron chi connectivity index (χ1n) is 10.5. The maximum atomic E-state index is 12.4. The van der Waals surface area contributed by atoms with Crippen LogP contribution in [0.5, 0.6) is 0 Å². The Morgan fingerprint density at radius 1 is 1.13 bits per heavy atom. The van der Waals surface area contributed by atoms with Crippen LogP contribution >= 0.6 is 0 Å². The highest BCUT2D eigenvalue weighted by molar-refractivity contribution is 6.02. The van der Waals surface area contributed by atoms with Crippen molar-refractivity contribution in [1.82, 2.24) is 20.2 Å². The van der Waals surface area contributed by atoms with Gasteiger partial charge in [0.1, 0.15) is 0 Å². The maximum absolute atomic E-state index is 12.4. The summed E-state index contributed by atoms with van der Waals surface area (Å²) < 4.78 is 1.85. The third kappa shape index (κ3) is 4.23. The lowest BCUT2D eigenvalue weighted by atomic mass is 10.1. The molecule has 2 aromatic carbocycles. The van der Waals surface area contributed by atoms with E-state index < -0.39 is 0 Å². The van der Waals surface area contributed by atoms with Gasteiger partial charge in [-0.3, -0.25) is 9.59 Å². The van der Waals surface area contributed by atoms with E-state index in [0.717, 1.165) is 42.6 Å². The standard InChI is InChI=1S/C23H22N6O2/c30-21(13-8-16-6-9-19(10-7-16)28-14-2-5-22(28)31)24-18-4-1-3-17(15-18)23-25-26-27-29(23)20-11-12-20/h1,3-4,6-10,13,15,20H,2,5,11-12,14H2,(H,24,30)/b13-8+. The molecule has 0 unspecified atom stereocenters. The summed E-state index contributed by atoms with van der Waals surface area (Å²) in [6, 6.07) is 15.5. The zero-order valence-corrected chi connectivity index (χ0v) is 16.9. The van der Waals surface area contributed by atoms with Gasteiger partial charge in [0.15, 0.2) is 5.82 Å². The first kappa shape index (κ1) is 19.2. The van der Waals surface area contributed by atoms with E-state index in [9.17, 15) is 9.59 Å². The molecule has 2 aliphatic rings. The smallest absolute Gasteiger partial charge is 0.248 e. The highest BCUT2D eigenvalue weighted by atomic mass is 16.2. The molecule has 8 nitrogen and oxygen atoms in total. The van der Waals surface area contributed by atoms with E-state index in [4.69, 9.17) is 0 Å². The Bertz CT molecular complexity index is 1150. The van der Waals surface area contributed by atoms with E-state index in [0.29, 0.717) is 24.0 Å². The fourth-order valence-electron chi connectivity index (χ4n) is 3.73. The lowest BCUT2D eigenvalue weighted by Crippen LogP contribution is -2.23. The van der Waals surface area contributed by atoms with Crippen molar-refractivity contribution in [2.75, 3.05) is 16.8 Å². The molecule has 0 atom stereocenters. The van der Waals surface area contributed by atoms with E-state index >= 15 is 0 Å². The van der Waals surface area contributed by atoms with E-state index in [2.05, 4.69) is 20.8 Å². The Morgan fingerprint density at radius 2 is 1.97 bits per heavy atom. The normalized spacial score (nSPS) is 16.3. The fraction of sp³-hybridized carbons (Fsp3) is 0.261. The molecule has 0 radical (unpaired) electrons. The molecule has 1 aromatic heterocycles. The zero-order valence-electron chi connectivity index (χ0n) is 16.9. The molecule has 2 fully saturated rings. The van der Waals surface area contributed by atoms with Crippen molar-refractivity contribution >= 4 is 29.3 Å². The summed E-state index contributed by atoms with van der Waals surface area (Å²) in [5.41, 5.74) is 3.34. The topological polar surface area (TPSA) is 93.0 Å². The molecule has 1 N–H and O–H groups in total. The van der Waals surface area contributed by atoms with Crippen LogP contribution in [0.4, 0.5) is 11.4 Å². The molecule has 31 heavy (non-hydrogen) atoms. The Morgan fingerprint density at radius 3 is 2.71 bits per heavy atom.